The number of hydrogen-bond donors (Lipinski definition) is 1. The average molecular weight is 341 g/mol. The maximum absolute atomic E-state index is 12.8. The van der Waals surface area contributed by atoms with Crippen LogP contribution in [0, 0.1) is 5.92 Å². The number of para-hydroxylation sites is 1. The van der Waals surface area contributed by atoms with Gasteiger partial charge in [-0.15, -0.1) is 0 Å². The van der Waals surface area contributed by atoms with Gasteiger partial charge in [0.05, 0.1) is 10.9 Å². The maximum Gasteiger partial charge on any atom is 0.280 e. The highest BCUT2D eigenvalue weighted by Gasteiger charge is 2.19. The Morgan fingerprint density at radius 2 is 1.88 bits per heavy atom. The molecule has 1 fully saturated rings. The monoisotopic (exact) mass is 341 g/mol. The van der Waals surface area contributed by atoms with E-state index >= 15 is 0 Å². The second-order valence-corrected chi connectivity index (χ2v) is 7.38. The van der Waals surface area contributed by atoms with Crippen molar-refractivity contribution in [2.75, 3.05) is 5.43 Å². The number of hydrogen-bond acceptors (Lipinski definition) is 3. The van der Waals surface area contributed by atoms with E-state index in [4.69, 9.17) is 0 Å². The van der Waals surface area contributed by atoms with E-state index in [-0.39, 0.29) is 17.4 Å². The third-order valence-electron chi connectivity index (χ3n) is 5.00. The quantitative estimate of drug-likeness (QED) is 0.856. The Labute approximate surface area is 148 Å². The Morgan fingerprint density at radius 3 is 2.56 bits per heavy atom. The summed E-state index contributed by atoms with van der Waals surface area (Å²) in [6.45, 7) is 3.95. The summed E-state index contributed by atoms with van der Waals surface area (Å²) in [5, 5.41) is 0.529. The first-order chi connectivity index (χ1) is 12.1. The van der Waals surface area contributed by atoms with Crippen LogP contribution in [0.5, 0.6) is 0 Å². The van der Waals surface area contributed by atoms with Gasteiger partial charge < -0.3 is 0 Å². The van der Waals surface area contributed by atoms with Crippen LogP contribution in [-0.2, 0) is 4.79 Å². The summed E-state index contributed by atoms with van der Waals surface area (Å²) in [5.41, 5.74) is 3.29. The predicted octanol–water partition coefficient (Wildman–Crippen LogP) is 3.95. The van der Waals surface area contributed by atoms with Gasteiger partial charge in [-0.2, -0.15) is 0 Å². The van der Waals surface area contributed by atoms with E-state index in [1.54, 1.807) is 6.07 Å². The Morgan fingerprint density at radius 1 is 1.20 bits per heavy atom. The van der Waals surface area contributed by atoms with E-state index < -0.39 is 0 Å². The molecule has 1 aliphatic carbocycles. The highest BCUT2D eigenvalue weighted by atomic mass is 16.2. The highest BCUT2D eigenvalue weighted by Crippen LogP contribution is 2.25. The van der Waals surface area contributed by atoms with Crippen LogP contribution in [0.4, 0.5) is 0 Å². The maximum atomic E-state index is 12.8. The summed E-state index contributed by atoms with van der Waals surface area (Å²) in [6.07, 6.45) is 7.63. The lowest BCUT2D eigenvalue weighted by molar-refractivity contribution is -0.118. The minimum atomic E-state index is -0.205. The summed E-state index contributed by atoms with van der Waals surface area (Å²) in [4.78, 5) is 30.0. The molecule has 0 bridgehead atoms. The molecule has 1 aromatic heterocycles. The molecule has 134 valence electrons. The van der Waals surface area contributed by atoms with Crippen LogP contribution in [-0.4, -0.2) is 15.6 Å². The molecule has 0 spiro atoms. The third-order valence-corrected chi connectivity index (χ3v) is 5.00. The standard InChI is InChI=1S/C20H27N3O2/c1-14(2)19-21-17-12-8-7-11-16(17)20(25)23(19)22-18(24)13-15-9-5-3-4-6-10-15/h7-8,11-12,14-15H,3-6,9-10,13H2,1-2H3,(H,22,24). The van der Waals surface area contributed by atoms with E-state index in [1.807, 2.05) is 32.0 Å². The zero-order valence-corrected chi connectivity index (χ0v) is 15.1. The van der Waals surface area contributed by atoms with Crippen molar-refractivity contribution in [3.63, 3.8) is 0 Å². The van der Waals surface area contributed by atoms with E-state index in [0.29, 0.717) is 29.1 Å². The fourth-order valence-corrected chi connectivity index (χ4v) is 3.65. The molecular formula is C20H27N3O2. The number of benzene rings is 1. The van der Waals surface area contributed by atoms with E-state index in [9.17, 15) is 9.59 Å². The largest absolute Gasteiger partial charge is 0.280 e. The van der Waals surface area contributed by atoms with E-state index in [0.717, 1.165) is 12.8 Å². The van der Waals surface area contributed by atoms with Gasteiger partial charge in [0.15, 0.2) is 0 Å². The second kappa shape index (κ2) is 7.81. The Kier molecular flexibility index (Phi) is 5.51. The Hall–Kier alpha value is -2.17. The molecule has 0 unspecified atom stereocenters. The molecule has 0 aliphatic heterocycles. The lowest BCUT2D eigenvalue weighted by Crippen LogP contribution is -2.37. The van der Waals surface area contributed by atoms with E-state index in [2.05, 4.69) is 10.4 Å². The van der Waals surface area contributed by atoms with Crippen LogP contribution in [0.25, 0.3) is 10.9 Å². The predicted molar refractivity (Wildman–Crippen MR) is 100 cm³/mol. The molecule has 0 radical (unpaired) electrons. The number of nitrogens with zero attached hydrogens (tertiary/aromatic N) is 2. The normalized spacial score (nSPS) is 16.1. The van der Waals surface area contributed by atoms with Gasteiger partial charge in [-0.3, -0.25) is 15.0 Å². The molecule has 1 aromatic carbocycles. The zero-order chi connectivity index (χ0) is 17.8. The lowest BCUT2D eigenvalue weighted by Gasteiger charge is -2.18. The SMILES string of the molecule is CC(C)c1nc2ccccc2c(=O)n1NC(=O)CC1CCCCCC1. The van der Waals surface area contributed by atoms with E-state index in [1.165, 1.54) is 30.4 Å². The molecule has 1 saturated carbocycles. The number of nitrogens with one attached hydrogen (secondary N) is 1. The second-order valence-electron chi connectivity index (χ2n) is 7.38. The first-order valence-corrected chi connectivity index (χ1v) is 9.38. The van der Waals surface area contributed by atoms with Crippen molar-refractivity contribution in [2.45, 2.75) is 64.7 Å². The number of rotatable bonds is 4. The summed E-state index contributed by atoms with van der Waals surface area (Å²) in [7, 11) is 0. The lowest BCUT2D eigenvalue weighted by atomic mass is 9.96. The fraction of sp³-hybridized carbons (Fsp3) is 0.550. The van der Waals surface area contributed by atoms with Crippen molar-refractivity contribution >= 4 is 16.8 Å². The number of fused-ring (bicyclic) bond motifs is 1. The van der Waals surface area contributed by atoms with Gasteiger partial charge in [0.25, 0.3) is 5.56 Å². The topological polar surface area (TPSA) is 64.0 Å². The minimum Gasteiger partial charge on any atom is -0.273 e. The number of amides is 1. The Bertz CT molecular complexity index is 802. The van der Waals surface area contributed by atoms with Crippen LogP contribution in [0.3, 0.4) is 0 Å². The van der Waals surface area contributed by atoms with Crippen LogP contribution < -0.4 is 11.0 Å². The van der Waals surface area contributed by atoms with Crippen molar-refractivity contribution in [3.05, 3.63) is 40.4 Å². The van der Waals surface area contributed by atoms with Gasteiger partial charge in [-0.1, -0.05) is 51.7 Å². The highest BCUT2D eigenvalue weighted by molar-refractivity contribution is 5.84. The van der Waals surface area contributed by atoms with Crippen molar-refractivity contribution in [1.82, 2.24) is 9.66 Å². The van der Waals surface area contributed by atoms with Crippen LogP contribution in [0.15, 0.2) is 29.1 Å². The molecule has 1 N–H and O–H groups in total. The average Bonchev–Trinajstić information content (AvgIpc) is 2.85. The first kappa shape index (κ1) is 17.6. The molecule has 1 heterocycles. The molecule has 5 heteroatoms. The number of carbonyl (C=O) groups is 1. The van der Waals surface area contributed by atoms with Gasteiger partial charge >= 0.3 is 0 Å². The van der Waals surface area contributed by atoms with Gasteiger partial charge in [0.1, 0.15) is 5.82 Å². The van der Waals surface area contributed by atoms with Crippen molar-refractivity contribution in [3.8, 4) is 0 Å². The van der Waals surface area contributed by atoms with Crippen molar-refractivity contribution in [1.29, 1.82) is 0 Å². The summed E-state index contributed by atoms with van der Waals surface area (Å²) < 4.78 is 1.35. The summed E-state index contributed by atoms with van der Waals surface area (Å²) >= 11 is 0. The van der Waals surface area contributed by atoms with Crippen molar-refractivity contribution < 1.29 is 4.79 Å². The zero-order valence-electron chi connectivity index (χ0n) is 15.1. The fourth-order valence-electron chi connectivity index (χ4n) is 3.65. The van der Waals surface area contributed by atoms with Gasteiger partial charge in [0.2, 0.25) is 5.91 Å². The number of carbonyl (C=O) groups excluding carboxylic acids is 1. The molecule has 1 aliphatic rings. The number of aromatic nitrogens is 2. The molecule has 0 atom stereocenters. The molecule has 0 saturated heterocycles. The molecule has 25 heavy (non-hydrogen) atoms. The minimum absolute atomic E-state index is 0.0375. The molecule has 1 amide bonds. The third kappa shape index (κ3) is 4.09. The van der Waals surface area contributed by atoms with Gasteiger partial charge in [-0.25, -0.2) is 9.66 Å². The summed E-state index contributed by atoms with van der Waals surface area (Å²) in [6, 6.07) is 7.27. The summed E-state index contributed by atoms with van der Waals surface area (Å²) in [5.74, 6) is 0.968. The smallest absolute Gasteiger partial charge is 0.273 e. The molecule has 3 rings (SSSR count). The van der Waals surface area contributed by atoms with Crippen molar-refractivity contribution in [2.24, 2.45) is 5.92 Å². The molecular weight excluding hydrogens is 314 g/mol. The molecule has 5 nitrogen and oxygen atoms in total. The van der Waals surface area contributed by atoms with Crippen LogP contribution >= 0.6 is 0 Å². The van der Waals surface area contributed by atoms with Gasteiger partial charge in [-0.05, 0) is 30.9 Å². The Balaban J connectivity index is 1.86. The first-order valence-electron chi connectivity index (χ1n) is 9.38. The van der Waals surface area contributed by atoms with Crippen LogP contribution in [0.2, 0.25) is 0 Å². The van der Waals surface area contributed by atoms with Gasteiger partial charge in [0, 0.05) is 12.3 Å². The molecule has 2 aromatic rings. The van der Waals surface area contributed by atoms with Crippen LogP contribution in [0.1, 0.15) is 70.5 Å².